The van der Waals surface area contributed by atoms with Crippen molar-refractivity contribution in [1.29, 1.82) is 0 Å². The van der Waals surface area contributed by atoms with Crippen molar-refractivity contribution in [3.05, 3.63) is 54.2 Å². The molecule has 0 radical (unpaired) electrons. The van der Waals surface area contributed by atoms with Gasteiger partial charge in [0.05, 0.1) is 12.8 Å². The van der Waals surface area contributed by atoms with Crippen LogP contribution in [0.1, 0.15) is 5.69 Å². The van der Waals surface area contributed by atoms with E-state index in [0.29, 0.717) is 5.69 Å². The average molecular weight is 341 g/mol. The van der Waals surface area contributed by atoms with Crippen LogP contribution in [-0.2, 0) is 11.0 Å². The minimum Gasteiger partial charge on any atom is -0.350 e. The van der Waals surface area contributed by atoms with E-state index in [9.17, 15) is 18.0 Å². The van der Waals surface area contributed by atoms with E-state index in [1.54, 1.807) is 30.3 Å². The zero-order valence-electron chi connectivity index (χ0n) is 12.8. The Balaban J connectivity index is 2.34. The second-order valence-electron chi connectivity index (χ2n) is 4.54. The SMILES string of the molecule is CON(C)C(=O)N(Oc1cccc(C(F)(F)F)n1)c1ccccc1. The molecule has 0 spiro atoms. The summed E-state index contributed by atoms with van der Waals surface area (Å²) in [4.78, 5) is 25.8. The van der Waals surface area contributed by atoms with Gasteiger partial charge in [-0.05, 0) is 18.2 Å². The highest BCUT2D eigenvalue weighted by Crippen LogP contribution is 2.29. The summed E-state index contributed by atoms with van der Waals surface area (Å²) in [5.41, 5.74) is -0.828. The number of halogens is 3. The predicted molar refractivity (Wildman–Crippen MR) is 79.0 cm³/mol. The predicted octanol–water partition coefficient (Wildman–Crippen LogP) is 3.51. The monoisotopic (exact) mass is 341 g/mol. The van der Waals surface area contributed by atoms with Crippen molar-refractivity contribution >= 4 is 11.7 Å². The molecule has 0 bridgehead atoms. The molecule has 2 amide bonds. The zero-order chi connectivity index (χ0) is 17.7. The van der Waals surface area contributed by atoms with Crippen LogP contribution < -0.4 is 9.90 Å². The first-order chi connectivity index (χ1) is 11.3. The van der Waals surface area contributed by atoms with E-state index < -0.39 is 17.9 Å². The van der Waals surface area contributed by atoms with E-state index in [0.717, 1.165) is 22.3 Å². The number of hydrogen-bond donors (Lipinski definition) is 0. The largest absolute Gasteiger partial charge is 0.433 e. The van der Waals surface area contributed by atoms with Crippen LogP contribution in [0.15, 0.2) is 48.5 Å². The summed E-state index contributed by atoms with van der Waals surface area (Å²) in [6.07, 6.45) is -4.62. The van der Waals surface area contributed by atoms with E-state index in [-0.39, 0.29) is 5.88 Å². The fraction of sp³-hybridized carbons (Fsp3) is 0.200. The lowest BCUT2D eigenvalue weighted by atomic mass is 10.3. The number of para-hydroxylation sites is 1. The van der Waals surface area contributed by atoms with Gasteiger partial charge in [0.15, 0.2) is 0 Å². The summed E-state index contributed by atoms with van der Waals surface area (Å²) in [6.45, 7) is 0. The first-order valence-electron chi connectivity index (χ1n) is 6.72. The van der Waals surface area contributed by atoms with Crippen molar-refractivity contribution in [3.8, 4) is 5.88 Å². The molecule has 0 saturated carbocycles. The van der Waals surface area contributed by atoms with Gasteiger partial charge in [0.1, 0.15) is 5.69 Å². The van der Waals surface area contributed by atoms with Crippen LogP contribution in [0.3, 0.4) is 0 Å². The topological polar surface area (TPSA) is 54.9 Å². The second-order valence-corrected chi connectivity index (χ2v) is 4.54. The first kappa shape index (κ1) is 17.5. The van der Waals surface area contributed by atoms with Crippen LogP contribution >= 0.6 is 0 Å². The second kappa shape index (κ2) is 7.18. The molecule has 1 heterocycles. The third-order valence-corrected chi connectivity index (χ3v) is 2.91. The minimum atomic E-state index is -4.62. The number of alkyl halides is 3. The van der Waals surface area contributed by atoms with Gasteiger partial charge in [-0.15, -0.1) is 5.06 Å². The Bertz CT molecular complexity index is 695. The molecule has 2 rings (SSSR count). The number of hydrogen-bond acceptors (Lipinski definition) is 4. The third kappa shape index (κ3) is 4.13. The van der Waals surface area contributed by atoms with Crippen LogP contribution in [0.2, 0.25) is 0 Å². The van der Waals surface area contributed by atoms with E-state index in [2.05, 4.69) is 4.98 Å². The number of nitrogens with zero attached hydrogens (tertiary/aromatic N) is 3. The average Bonchev–Trinajstić information content (AvgIpc) is 2.58. The molecular formula is C15H14F3N3O3. The maximum absolute atomic E-state index is 12.7. The molecule has 0 atom stereocenters. The Kier molecular flexibility index (Phi) is 5.24. The highest BCUT2D eigenvalue weighted by atomic mass is 19.4. The summed E-state index contributed by atoms with van der Waals surface area (Å²) in [5, 5.41) is 1.65. The Morgan fingerprint density at radius 2 is 1.75 bits per heavy atom. The van der Waals surface area contributed by atoms with Gasteiger partial charge in [-0.3, -0.25) is 4.84 Å². The van der Waals surface area contributed by atoms with Crippen molar-refractivity contribution in [2.24, 2.45) is 0 Å². The van der Waals surface area contributed by atoms with Gasteiger partial charge in [0.25, 0.3) is 0 Å². The summed E-state index contributed by atoms with van der Waals surface area (Å²) in [7, 11) is 2.60. The van der Waals surface area contributed by atoms with Gasteiger partial charge in [0, 0.05) is 13.1 Å². The van der Waals surface area contributed by atoms with E-state index >= 15 is 0 Å². The van der Waals surface area contributed by atoms with Gasteiger partial charge in [-0.25, -0.2) is 14.8 Å². The maximum atomic E-state index is 12.7. The molecule has 0 fully saturated rings. The number of rotatable bonds is 4. The van der Waals surface area contributed by atoms with E-state index in [1.807, 2.05) is 0 Å². The van der Waals surface area contributed by atoms with E-state index in [1.165, 1.54) is 20.2 Å². The van der Waals surface area contributed by atoms with Crippen LogP contribution in [0.5, 0.6) is 5.88 Å². The van der Waals surface area contributed by atoms with Gasteiger partial charge >= 0.3 is 12.2 Å². The van der Waals surface area contributed by atoms with Crippen molar-refractivity contribution in [2.75, 3.05) is 19.2 Å². The number of aromatic nitrogens is 1. The minimum absolute atomic E-state index is 0.297. The molecule has 0 aliphatic heterocycles. The highest BCUT2D eigenvalue weighted by molar-refractivity contribution is 5.89. The molecule has 9 heteroatoms. The lowest BCUT2D eigenvalue weighted by molar-refractivity contribution is -0.141. The fourth-order valence-corrected chi connectivity index (χ4v) is 1.69. The molecular weight excluding hydrogens is 327 g/mol. The standard InChI is InChI=1S/C15H14F3N3O3/c1-20(23-2)14(22)21(11-7-4-3-5-8-11)24-13-10-6-9-12(19-13)15(16,17)18/h3-10H,1-2H3. The van der Waals surface area contributed by atoms with Gasteiger partial charge in [-0.1, -0.05) is 24.3 Å². The van der Waals surface area contributed by atoms with Crippen molar-refractivity contribution < 1.29 is 27.6 Å². The Hall–Kier alpha value is -2.81. The molecule has 128 valence electrons. The molecule has 1 aromatic heterocycles. The Morgan fingerprint density at radius 1 is 1.08 bits per heavy atom. The molecule has 0 N–H and O–H groups in total. The molecule has 0 aliphatic carbocycles. The molecule has 1 aromatic carbocycles. The van der Waals surface area contributed by atoms with Gasteiger partial charge < -0.3 is 4.84 Å². The van der Waals surface area contributed by atoms with Crippen LogP contribution in [0.4, 0.5) is 23.7 Å². The molecule has 0 aliphatic rings. The summed E-state index contributed by atoms with van der Waals surface area (Å²) < 4.78 is 38.2. The number of amides is 2. The maximum Gasteiger partial charge on any atom is 0.433 e. The zero-order valence-corrected chi connectivity index (χ0v) is 12.8. The molecule has 0 unspecified atom stereocenters. The normalized spacial score (nSPS) is 11.0. The summed E-state index contributed by atoms with van der Waals surface area (Å²) in [6, 6.07) is 10.5. The number of hydroxylamine groups is 3. The number of benzene rings is 1. The van der Waals surface area contributed by atoms with Crippen LogP contribution in [-0.4, -0.2) is 30.2 Å². The smallest absolute Gasteiger partial charge is 0.350 e. The molecule has 24 heavy (non-hydrogen) atoms. The lowest BCUT2D eigenvalue weighted by Gasteiger charge is -2.25. The fourth-order valence-electron chi connectivity index (χ4n) is 1.69. The van der Waals surface area contributed by atoms with Gasteiger partial charge in [-0.2, -0.15) is 13.2 Å². The van der Waals surface area contributed by atoms with Crippen molar-refractivity contribution in [1.82, 2.24) is 10.0 Å². The highest BCUT2D eigenvalue weighted by Gasteiger charge is 2.33. The number of carbonyl (C=O) groups is 1. The summed E-state index contributed by atoms with van der Waals surface area (Å²) in [5.74, 6) is -0.383. The van der Waals surface area contributed by atoms with Crippen molar-refractivity contribution in [3.63, 3.8) is 0 Å². The Morgan fingerprint density at radius 3 is 2.33 bits per heavy atom. The van der Waals surface area contributed by atoms with Crippen LogP contribution in [0.25, 0.3) is 0 Å². The van der Waals surface area contributed by atoms with E-state index in [4.69, 9.17) is 9.68 Å². The number of anilines is 1. The Labute approximate surface area is 135 Å². The van der Waals surface area contributed by atoms with Crippen LogP contribution in [0, 0.1) is 0 Å². The lowest BCUT2D eigenvalue weighted by Crippen LogP contribution is -2.43. The quantitative estimate of drug-likeness (QED) is 0.799. The molecule has 2 aromatic rings. The first-order valence-corrected chi connectivity index (χ1v) is 6.72. The number of pyridine rings is 1. The van der Waals surface area contributed by atoms with Crippen molar-refractivity contribution in [2.45, 2.75) is 6.18 Å². The number of carbonyl (C=O) groups excluding carboxylic acids is 1. The summed E-state index contributed by atoms with van der Waals surface area (Å²) >= 11 is 0. The molecule has 0 saturated heterocycles. The third-order valence-electron chi connectivity index (χ3n) is 2.91. The van der Waals surface area contributed by atoms with Gasteiger partial charge in [0.2, 0.25) is 5.88 Å². The molecule has 6 nitrogen and oxygen atoms in total. The number of urea groups is 1.